The number of carbonyl (C=O) groups is 2. The normalized spacial score (nSPS) is 10.8. The molecule has 4 aromatic rings. The number of aromatic carboxylic acids is 1. The number of rotatable bonds is 6. The maximum atomic E-state index is 13.1. The molecule has 0 spiro atoms. The molecule has 0 aliphatic carbocycles. The number of fused-ring (bicyclic) bond motifs is 1. The number of amides is 1. The van der Waals surface area contributed by atoms with Gasteiger partial charge in [-0.2, -0.15) is 5.10 Å². The van der Waals surface area contributed by atoms with Crippen molar-refractivity contribution in [2.45, 2.75) is 13.1 Å². The second-order valence-corrected chi connectivity index (χ2v) is 7.27. The number of halogens is 1. The van der Waals surface area contributed by atoms with Gasteiger partial charge in [0.05, 0.1) is 17.6 Å². The van der Waals surface area contributed by atoms with Crippen LogP contribution in [0.1, 0.15) is 32.0 Å². The second-order valence-electron chi connectivity index (χ2n) is 6.84. The lowest BCUT2D eigenvalue weighted by atomic mass is 10.1. The van der Waals surface area contributed by atoms with Gasteiger partial charge in [0, 0.05) is 17.0 Å². The van der Waals surface area contributed by atoms with Crippen molar-refractivity contribution >= 4 is 34.4 Å². The predicted molar refractivity (Wildman–Crippen MR) is 115 cm³/mol. The van der Waals surface area contributed by atoms with Crippen LogP contribution in [-0.4, -0.2) is 26.8 Å². The van der Waals surface area contributed by atoms with Gasteiger partial charge in [-0.25, -0.2) is 4.79 Å². The summed E-state index contributed by atoms with van der Waals surface area (Å²) in [4.78, 5) is 24.0. The summed E-state index contributed by atoms with van der Waals surface area (Å²) >= 11 is 6.09. The number of nitrogens with one attached hydrogen (secondary N) is 1. The molecule has 0 fully saturated rings. The van der Waals surface area contributed by atoms with E-state index in [4.69, 9.17) is 16.7 Å². The quantitative estimate of drug-likeness (QED) is 0.486. The number of nitrogens with zero attached hydrogens (tertiary/aromatic N) is 2. The van der Waals surface area contributed by atoms with E-state index in [9.17, 15) is 9.59 Å². The number of hydrogen-bond acceptors (Lipinski definition) is 3. The molecule has 1 aromatic heterocycles. The first-order valence-electron chi connectivity index (χ1n) is 9.32. The summed E-state index contributed by atoms with van der Waals surface area (Å²) in [6.07, 6.45) is 0. The standard InChI is InChI=1S/C23H18ClN3O3/c24-18-5-3-4-16(12-18)14-27-21(19-6-1-2-7-20(19)26-27)22(28)25-13-15-8-10-17(11-9-15)23(29)30/h1-12H,13-14H2,(H,25,28)(H,29,30). The number of aromatic nitrogens is 2. The fourth-order valence-electron chi connectivity index (χ4n) is 3.27. The molecule has 150 valence electrons. The summed E-state index contributed by atoms with van der Waals surface area (Å²) < 4.78 is 1.68. The summed E-state index contributed by atoms with van der Waals surface area (Å²) in [6, 6.07) is 21.3. The number of carboxylic acid groups (broad SMARTS) is 1. The van der Waals surface area contributed by atoms with Crippen molar-refractivity contribution < 1.29 is 14.7 Å². The minimum Gasteiger partial charge on any atom is -0.478 e. The molecule has 2 N–H and O–H groups in total. The first kappa shape index (κ1) is 19.7. The molecule has 0 aliphatic heterocycles. The van der Waals surface area contributed by atoms with E-state index < -0.39 is 5.97 Å². The highest BCUT2D eigenvalue weighted by Crippen LogP contribution is 2.20. The van der Waals surface area contributed by atoms with Gasteiger partial charge in [-0.3, -0.25) is 9.48 Å². The Labute approximate surface area is 177 Å². The van der Waals surface area contributed by atoms with E-state index in [1.165, 1.54) is 12.1 Å². The fraction of sp³-hybridized carbons (Fsp3) is 0.0870. The molecule has 1 heterocycles. The molecule has 0 saturated carbocycles. The summed E-state index contributed by atoms with van der Waals surface area (Å²) in [6.45, 7) is 0.681. The molecule has 3 aromatic carbocycles. The molecule has 1 amide bonds. The zero-order valence-corrected chi connectivity index (χ0v) is 16.6. The van der Waals surface area contributed by atoms with Crippen molar-refractivity contribution in [2.75, 3.05) is 0 Å². The third-order valence-electron chi connectivity index (χ3n) is 4.74. The lowest BCUT2D eigenvalue weighted by Gasteiger charge is -2.10. The second kappa shape index (κ2) is 8.39. The van der Waals surface area contributed by atoms with E-state index in [-0.39, 0.29) is 18.0 Å². The molecule has 0 bridgehead atoms. The number of hydrogen-bond donors (Lipinski definition) is 2. The molecule has 0 unspecified atom stereocenters. The minimum absolute atomic E-state index is 0.204. The summed E-state index contributed by atoms with van der Waals surface area (Å²) in [5, 5.41) is 17.9. The SMILES string of the molecule is O=C(O)c1ccc(CNC(=O)c2c3ccccc3nn2Cc2cccc(Cl)c2)cc1. The van der Waals surface area contributed by atoms with Gasteiger partial charge in [0.25, 0.3) is 5.91 Å². The van der Waals surface area contributed by atoms with Crippen LogP contribution in [0.3, 0.4) is 0 Å². The van der Waals surface area contributed by atoms with Gasteiger partial charge in [0.1, 0.15) is 5.69 Å². The van der Waals surface area contributed by atoms with Crippen molar-refractivity contribution in [3.8, 4) is 0 Å². The first-order valence-corrected chi connectivity index (χ1v) is 9.69. The third kappa shape index (κ3) is 4.18. The van der Waals surface area contributed by atoms with Crippen LogP contribution in [0.4, 0.5) is 0 Å². The third-order valence-corrected chi connectivity index (χ3v) is 4.97. The Morgan fingerprint density at radius 2 is 1.73 bits per heavy atom. The van der Waals surface area contributed by atoms with Gasteiger partial charge >= 0.3 is 5.97 Å². The van der Waals surface area contributed by atoms with Gasteiger partial charge in [-0.05, 0) is 41.5 Å². The molecule has 6 nitrogen and oxygen atoms in total. The van der Waals surface area contributed by atoms with Crippen LogP contribution in [0.15, 0.2) is 72.8 Å². The maximum absolute atomic E-state index is 13.1. The Kier molecular flexibility index (Phi) is 5.50. The van der Waals surface area contributed by atoms with E-state index in [0.29, 0.717) is 17.3 Å². The van der Waals surface area contributed by atoms with Crippen LogP contribution < -0.4 is 5.32 Å². The van der Waals surface area contributed by atoms with Crippen LogP contribution in [0.2, 0.25) is 5.02 Å². The van der Waals surface area contributed by atoms with Crippen LogP contribution in [0, 0.1) is 0 Å². The lowest BCUT2D eigenvalue weighted by molar-refractivity contribution is 0.0696. The summed E-state index contributed by atoms with van der Waals surface area (Å²) in [5.74, 6) is -1.24. The van der Waals surface area contributed by atoms with Crippen LogP contribution in [0.5, 0.6) is 0 Å². The largest absolute Gasteiger partial charge is 0.478 e. The van der Waals surface area contributed by atoms with Crippen molar-refractivity contribution in [3.05, 3.63) is 100 Å². The smallest absolute Gasteiger partial charge is 0.335 e. The molecular weight excluding hydrogens is 402 g/mol. The van der Waals surface area contributed by atoms with E-state index in [0.717, 1.165) is 22.0 Å². The highest BCUT2D eigenvalue weighted by Gasteiger charge is 2.18. The van der Waals surface area contributed by atoms with Crippen molar-refractivity contribution in [2.24, 2.45) is 0 Å². The molecule has 0 aliphatic rings. The molecule has 0 radical (unpaired) electrons. The molecule has 7 heteroatoms. The highest BCUT2D eigenvalue weighted by atomic mass is 35.5. The Hall–Kier alpha value is -3.64. The Morgan fingerprint density at radius 1 is 0.967 bits per heavy atom. The monoisotopic (exact) mass is 419 g/mol. The molecule has 0 saturated heterocycles. The summed E-state index contributed by atoms with van der Waals surface area (Å²) in [5.41, 5.74) is 3.14. The van der Waals surface area contributed by atoms with Gasteiger partial charge in [-0.1, -0.05) is 54.1 Å². The fourth-order valence-corrected chi connectivity index (χ4v) is 3.49. The van der Waals surface area contributed by atoms with Crippen LogP contribution >= 0.6 is 11.6 Å². The average Bonchev–Trinajstić information content (AvgIpc) is 3.10. The molecular formula is C23H18ClN3O3. The number of carbonyl (C=O) groups excluding carboxylic acids is 1. The number of carboxylic acids is 1. The van der Waals surface area contributed by atoms with Gasteiger partial charge in [-0.15, -0.1) is 0 Å². The van der Waals surface area contributed by atoms with E-state index in [2.05, 4.69) is 10.4 Å². The topological polar surface area (TPSA) is 84.2 Å². The van der Waals surface area contributed by atoms with Crippen LogP contribution in [-0.2, 0) is 13.1 Å². The first-order chi connectivity index (χ1) is 14.5. The minimum atomic E-state index is -0.984. The van der Waals surface area contributed by atoms with E-state index in [1.807, 2.05) is 42.5 Å². The Balaban J connectivity index is 1.60. The molecule has 0 atom stereocenters. The zero-order chi connectivity index (χ0) is 21.1. The number of benzene rings is 3. The molecule has 4 rings (SSSR count). The van der Waals surface area contributed by atoms with Crippen molar-refractivity contribution in [3.63, 3.8) is 0 Å². The van der Waals surface area contributed by atoms with Crippen LogP contribution in [0.25, 0.3) is 10.9 Å². The van der Waals surface area contributed by atoms with E-state index >= 15 is 0 Å². The Morgan fingerprint density at radius 3 is 2.47 bits per heavy atom. The highest BCUT2D eigenvalue weighted by molar-refractivity contribution is 6.30. The van der Waals surface area contributed by atoms with Gasteiger partial charge < -0.3 is 10.4 Å². The van der Waals surface area contributed by atoms with E-state index in [1.54, 1.807) is 22.9 Å². The average molecular weight is 420 g/mol. The van der Waals surface area contributed by atoms with Gasteiger partial charge in [0.2, 0.25) is 0 Å². The van der Waals surface area contributed by atoms with Crippen molar-refractivity contribution in [1.29, 1.82) is 0 Å². The Bertz CT molecular complexity index is 1230. The summed E-state index contributed by atoms with van der Waals surface area (Å²) in [7, 11) is 0. The maximum Gasteiger partial charge on any atom is 0.335 e. The predicted octanol–water partition coefficient (Wildman–Crippen LogP) is 4.37. The van der Waals surface area contributed by atoms with Gasteiger partial charge in [0.15, 0.2) is 0 Å². The zero-order valence-electron chi connectivity index (χ0n) is 15.9. The molecule has 30 heavy (non-hydrogen) atoms. The lowest BCUT2D eigenvalue weighted by Crippen LogP contribution is -2.26. The van der Waals surface area contributed by atoms with Crippen molar-refractivity contribution in [1.82, 2.24) is 15.1 Å².